The normalized spacial score (nSPS) is 13.2. The van der Waals surface area contributed by atoms with E-state index in [0.717, 1.165) is 5.56 Å². The molecule has 6 nitrogen and oxygen atoms in total. The number of aliphatic hydroxyl groups is 1. The summed E-state index contributed by atoms with van der Waals surface area (Å²) < 4.78 is 29.4. The second kappa shape index (κ2) is 7.25. The molecule has 23 heavy (non-hydrogen) atoms. The Bertz CT molecular complexity index is 754. The van der Waals surface area contributed by atoms with E-state index >= 15 is 0 Å². The Morgan fingerprint density at radius 3 is 2.43 bits per heavy atom. The topological polar surface area (TPSA) is 84.2 Å². The number of hydrogen-bond donors (Lipinski definition) is 2. The maximum absolute atomic E-state index is 12.6. The van der Waals surface area contributed by atoms with Crippen molar-refractivity contribution in [2.24, 2.45) is 7.05 Å². The van der Waals surface area contributed by atoms with Crippen molar-refractivity contribution in [2.45, 2.75) is 31.1 Å². The summed E-state index contributed by atoms with van der Waals surface area (Å²) in [6.07, 6.45) is 0.498. The third-order valence-electron chi connectivity index (χ3n) is 3.98. The van der Waals surface area contributed by atoms with Crippen LogP contribution in [0.4, 0.5) is 0 Å². The first kappa shape index (κ1) is 17.7. The SMILES string of the molecule is Cc1nn(C)c(C)c1S(=O)(=O)NCC(CCO)c1ccccc1. The van der Waals surface area contributed by atoms with E-state index in [4.69, 9.17) is 0 Å². The van der Waals surface area contributed by atoms with E-state index in [2.05, 4.69) is 9.82 Å². The van der Waals surface area contributed by atoms with E-state index in [0.29, 0.717) is 17.8 Å². The van der Waals surface area contributed by atoms with Crippen molar-refractivity contribution in [2.75, 3.05) is 13.2 Å². The average molecular weight is 337 g/mol. The molecule has 2 N–H and O–H groups in total. The average Bonchev–Trinajstić information content (AvgIpc) is 2.77. The molecule has 1 heterocycles. The predicted octanol–water partition coefficient (Wildman–Crippen LogP) is 1.48. The number of aliphatic hydroxyl groups excluding tert-OH is 1. The Kier molecular flexibility index (Phi) is 5.56. The van der Waals surface area contributed by atoms with Gasteiger partial charge in [0.2, 0.25) is 10.0 Å². The molecule has 0 fully saturated rings. The van der Waals surface area contributed by atoms with Gasteiger partial charge in [-0.15, -0.1) is 0 Å². The van der Waals surface area contributed by atoms with Crippen LogP contribution in [-0.4, -0.2) is 36.5 Å². The smallest absolute Gasteiger partial charge is 0.244 e. The van der Waals surface area contributed by atoms with Crippen LogP contribution in [0.15, 0.2) is 35.2 Å². The van der Waals surface area contributed by atoms with Crippen LogP contribution in [0.3, 0.4) is 0 Å². The lowest BCUT2D eigenvalue weighted by atomic mass is 9.96. The van der Waals surface area contributed by atoms with E-state index in [-0.39, 0.29) is 24.0 Å². The first-order valence-corrected chi connectivity index (χ1v) is 9.00. The highest BCUT2D eigenvalue weighted by Gasteiger charge is 2.24. The number of nitrogens with zero attached hydrogens (tertiary/aromatic N) is 2. The van der Waals surface area contributed by atoms with E-state index in [1.54, 1.807) is 25.6 Å². The quantitative estimate of drug-likeness (QED) is 0.801. The van der Waals surface area contributed by atoms with E-state index in [1.165, 1.54) is 0 Å². The lowest BCUT2D eigenvalue weighted by Gasteiger charge is -2.17. The highest BCUT2D eigenvalue weighted by atomic mass is 32.2. The standard InChI is InChI=1S/C16H23N3O3S/c1-12-16(13(2)19(3)18-12)23(21,22)17-11-15(9-10-20)14-7-5-4-6-8-14/h4-8,15,17,20H,9-11H2,1-3H3. The summed E-state index contributed by atoms with van der Waals surface area (Å²) in [6, 6.07) is 9.60. The fourth-order valence-corrected chi connectivity index (χ4v) is 4.21. The number of rotatable bonds is 7. The molecular weight excluding hydrogens is 314 g/mol. The molecule has 1 aromatic heterocycles. The van der Waals surface area contributed by atoms with E-state index < -0.39 is 10.0 Å². The van der Waals surface area contributed by atoms with Crippen LogP contribution in [0.2, 0.25) is 0 Å². The maximum atomic E-state index is 12.6. The molecule has 0 aliphatic rings. The zero-order chi connectivity index (χ0) is 17.0. The van der Waals surface area contributed by atoms with Gasteiger partial charge in [0.1, 0.15) is 4.90 Å². The molecule has 7 heteroatoms. The van der Waals surface area contributed by atoms with Crippen LogP contribution in [0, 0.1) is 13.8 Å². The van der Waals surface area contributed by atoms with Gasteiger partial charge in [0, 0.05) is 20.2 Å². The van der Waals surface area contributed by atoms with Crippen LogP contribution in [0.25, 0.3) is 0 Å². The molecule has 1 atom stereocenters. The van der Waals surface area contributed by atoms with Crippen LogP contribution in [0.5, 0.6) is 0 Å². The van der Waals surface area contributed by atoms with Crippen molar-refractivity contribution in [1.29, 1.82) is 0 Å². The highest BCUT2D eigenvalue weighted by Crippen LogP contribution is 2.21. The summed E-state index contributed by atoms with van der Waals surface area (Å²) in [4.78, 5) is 0.232. The highest BCUT2D eigenvalue weighted by molar-refractivity contribution is 7.89. The fraction of sp³-hybridized carbons (Fsp3) is 0.438. The molecule has 0 aliphatic heterocycles. The first-order valence-electron chi connectivity index (χ1n) is 7.52. The summed E-state index contributed by atoms with van der Waals surface area (Å²) in [5.41, 5.74) is 2.09. The lowest BCUT2D eigenvalue weighted by molar-refractivity contribution is 0.275. The third-order valence-corrected chi connectivity index (χ3v) is 5.65. The molecule has 1 unspecified atom stereocenters. The molecule has 2 aromatic rings. The van der Waals surface area contributed by atoms with Gasteiger partial charge in [-0.1, -0.05) is 30.3 Å². The van der Waals surface area contributed by atoms with Crippen molar-refractivity contribution >= 4 is 10.0 Å². The summed E-state index contributed by atoms with van der Waals surface area (Å²) in [7, 11) is -1.92. The Labute approximate surface area is 137 Å². The van der Waals surface area contributed by atoms with Gasteiger partial charge in [-0.3, -0.25) is 4.68 Å². The Balaban J connectivity index is 2.20. The minimum absolute atomic E-state index is 0.00619. The molecule has 0 amide bonds. The number of nitrogens with one attached hydrogen (secondary N) is 1. The first-order chi connectivity index (χ1) is 10.9. The van der Waals surface area contributed by atoms with Crippen molar-refractivity contribution in [3.05, 3.63) is 47.3 Å². The van der Waals surface area contributed by atoms with Gasteiger partial charge < -0.3 is 5.11 Å². The summed E-state index contributed by atoms with van der Waals surface area (Å²) in [6.45, 7) is 3.66. The third kappa shape index (κ3) is 3.99. The van der Waals surface area contributed by atoms with Gasteiger partial charge in [0.15, 0.2) is 0 Å². The zero-order valence-corrected chi connectivity index (χ0v) is 14.5. The second-order valence-electron chi connectivity index (χ2n) is 5.60. The van der Waals surface area contributed by atoms with Crippen LogP contribution in [0.1, 0.15) is 29.3 Å². The summed E-state index contributed by atoms with van der Waals surface area (Å²) >= 11 is 0. The van der Waals surface area contributed by atoms with Crippen molar-refractivity contribution in [3.63, 3.8) is 0 Å². The largest absolute Gasteiger partial charge is 0.396 e. The van der Waals surface area contributed by atoms with Crippen LogP contribution < -0.4 is 4.72 Å². The van der Waals surface area contributed by atoms with E-state index in [9.17, 15) is 13.5 Å². The summed E-state index contributed by atoms with van der Waals surface area (Å²) in [5.74, 6) is -0.0757. The number of benzene rings is 1. The predicted molar refractivity (Wildman–Crippen MR) is 88.8 cm³/mol. The van der Waals surface area contributed by atoms with Crippen molar-refractivity contribution in [1.82, 2.24) is 14.5 Å². The van der Waals surface area contributed by atoms with Crippen molar-refractivity contribution < 1.29 is 13.5 Å². The molecule has 0 saturated carbocycles. The maximum Gasteiger partial charge on any atom is 0.244 e. The monoisotopic (exact) mass is 337 g/mol. The lowest BCUT2D eigenvalue weighted by Crippen LogP contribution is -2.29. The number of sulfonamides is 1. The Morgan fingerprint density at radius 2 is 1.91 bits per heavy atom. The minimum atomic E-state index is -3.64. The van der Waals surface area contributed by atoms with Gasteiger partial charge in [-0.2, -0.15) is 5.10 Å². The second-order valence-corrected chi connectivity index (χ2v) is 7.30. The van der Waals surface area contributed by atoms with Gasteiger partial charge in [-0.05, 0) is 31.7 Å². The molecule has 2 rings (SSSR count). The Hall–Kier alpha value is -1.70. The van der Waals surface area contributed by atoms with Crippen molar-refractivity contribution in [3.8, 4) is 0 Å². The summed E-state index contributed by atoms with van der Waals surface area (Å²) in [5, 5.41) is 13.4. The molecule has 0 bridgehead atoms. The number of hydrogen-bond acceptors (Lipinski definition) is 4. The zero-order valence-electron chi connectivity index (χ0n) is 13.7. The molecule has 0 spiro atoms. The number of aromatic nitrogens is 2. The molecular formula is C16H23N3O3S. The molecule has 126 valence electrons. The van der Waals surface area contributed by atoms with Gasteiger partial charge in [-0.25, -0.2) is 13.1 Å². The van der Waals surface area contributed by atoms with E-state index in [1.807, 2.05) is 30.3 Å². The Morgan fingerprint density at radius 1 is 1.26 bits per heavy atom. The van der Waals surface area contributed by atoms with Crippen LogP contribution in [-0.2, 0) is 17.1 Å². The molecule has 1 aromatic carbocycles. The molecule has 0 radical (unpaired) electrons. The van der Waals surface area contributed by atoms with Gasteiger partial charge >= 0.3 is 0 Å². The van der Waals surface area contributed by atoms with Gasteiger partial charge in [0.05, 0.1) is 11.4 Å². The fourth-order valence-electron chi connectivity index (χ4n) is 2.69. The minimum Gasteiger partial charge on any atom is -0.396 e. The van der Waals surface area contributed by atoms with Crippen LogP contribution >= 0.6 is 0 Å². The van der Waals surface area contributed by atoms with Gasteiger partial charge in [0.25, 0.3) is 0 Å². The molecule has 0 saturated heterocycles. The number of aryl methyl sites for hydroxylation is 2. The molecule has 0 aliphatic carbocycles.